The van der Waals surface area contributed by atoms with Crippen LogP contribution >= 0.6 is 11.8 Å². The average molecular weight is 303 g/mol. The molecule has 0 bridgehead atoms. The van der Waals surface area contributed by atoms with Crippen molar-refractivity contribution in [3.63, 3.8) is 0 Å². The Morgan fingerprint density at radius 2 is 1.86 bits per heavy atom. The number of carbonyl (C=O) groups excluding carboxylic acids is 3. The van der Waals surface area contributed by atoms with E-state index in [0.717, 1.165) is 10.6 Å². The number of imide groups is 1. The number of piperazine rings is 1. The van der Waals surface area contributed by atoms with Crippen LogP contribution in [0.3, 0.4) is 0 Å². The second-order valence-electron chi connectivity index (χ2n) is 4.79. The van der Waals surface area contributed by atoms with Crippen molar-refractivity contribution < 1.29 is 14.4 Å². The van der Waals surface area contributed by atoms with Crippen LogP contribution < -0.4 is 5.32 Å². The van der Waals surface area contributed by atoms with E-state index in [1.165, 1.54) is 16.7 Å². The lowest BCUT2D eigenvalue weighted by Crippen LogP contribution is -2.55. The van der Waals surface area contributed by atoms with Crippen molar-refractivity contribution >= 4 is 34.5 Å². The number of nitrogens with zero attached hydrogens (tertiary/aromatic N) is 2. The van der Waals surface area contributed by atoms with Crippen LogP contribution in [0.25, 0.3) is 0 Å². The molecule has 3 rings (SSSR count). The van der Waals surface area contributed by atoms with Gasteiger partial charge in [0, 0.05) is 11.3 Å². The van der Waals surface area contributed by atoms with Gasteiger partial charge in [0.15, 0.2) is 0 Å². The van der Waals surface area contributed by atoms with Gasteiger partial charge in [0.2, 0.25) is 17.7 Å². The van der Waals surface area contributed by atoms with Gasteiger partial charge in [0.25, 0.3) is 0 Å². The molecule has 3 amide bonds. The monoisotopic (exact) mass is 303 g/mol. The molecule has 7 heteroatoms. The smallest absolute Gasteiger partial charge is 0.249 e. The fourth-order valence-corrected chi connectivity index (χ4v) is 3.28. The molecule has 1 aromatic rings. The minimum atomic E-state index is -0.524. The fraction of sp³-hybridized carbons (Fsp3) is 0.286. The van der Waals surface area contributed by atoms with Gasteiger partial charge in [-0.15, -0.1) is 11.8 Å². The predicted octanol–water partition coefficient (Wildman–Crippen LogP) is 0.0336. The van der Waals surface area contributed by atoms with Crippen LogP contribution in [0.4, 0.5) is 0 Å². The van der Waals surface area contributed by atoms with E-state index in [4.69, 9.17) is 0 Å². The summed E-state index contributed by atoms with van der Waals surface area (Å²) in [6, 6.07) is 9.11. The van der Waals surface area contributed by atoms with Gasteiger partial charge in [-0.2, -0.15) is 0 Å². The summed E-state index contributed by atoms with van der Waals surface area (Å²) in [5.74, 6) is -0.623. The molecule has 0 spiro atoms. The van der Waals surface area contributed by atoms with Gasteiger partial charge in [-0.05, 0) is 0 Å². The third kappa shape index (κ3) is 2.97. The highest BCUT2D eigenvalue weighted by Gasteiger charge is 2.33. The number of nitrogens with one attached hydrogen (secondary N) is 1. The summed E-state index contributed by atoms with van der Waals surface area (Å²) < 4.78 is 0. The normalized spacial score (nSPS) is 22.0. The summed E-state index contributed by atoms with van der Waals surface area (Å²) in [5, 5.41) is 3.00. The zero-order chi connectivity index (χ0) is 14.8. The first-order valence-corrected chi connectivity index (χ1v) is 7.49. The van der Waals surface area contributed by atoms with Crippen molar-refractivity contribution in [2.24, 2.45) is 4.99 Å². The zero-order valence-corrected chi connectivity index (χ0v) is 11.9. The van der Waals surface area contributed by atoms with Crippen LogP contribution in [0.1, 0.15) is 5.56 Å². The summed E-state index contributed by atoms with van der Waals surface area (Å²) in [6.45, 7) is -0.163. The van der Waals surface area contributed by atoms with E-state index >= 15 is 0 Å². The van der Waals surface area contributed by atoms with Crippen LogP contribution in [-0.4, -0.2) is 52.5 Å². The Kier molecular flexibility index (Phi) is 3.74. The van der Waals surface area contributed by atoms with Gasteiger partial charge < -0.3 is 4.90 Å². The summed E-state index contributed by atoms with van der Waals surface area (Å²) in [5.41, 5.74) is 0.977. The summed E-state index contributed by atoms with van der Waals surface area (Å²) in [7, 11) is 0. The molecule has 108 valence electrons. The van der Waals surface area contributed by atoms with Gasteiger partial charge in [-0.3, -0.25) is 24.7 Å². The van der Waals surface area contributed by atoms with Crippen LogP contribution in [-0.2, 0) is 14.4 Å². The minimum Gasteiger partial charge on any atom is -0.322 e. The predicted molar refractivity (Wildman–Crippen MR) is 79.0 cm³/mol. The number of hydrogen-bond donors (Lipinski definition) is 1. The van der Waals surface area contributed by atoms with Gasteiger partial charge >= 0.3 is 0 Å². The third-order valence-corrected chi connectivity index (χ3v) is 4.31. The Hall–Kier alpha value is -2.15. The number of hydrogen-bond acceptors (Lipinski definition) is 5. The fourth-order valence-electron chi connectivity index (χ4n) is 2.24. The largest absolute Gasteiger partial charge is 0.322 e. The number of rotatable bonds is 2. The Labute approximate surface area is 125 Å². The van der Waals surface area contributed by atoms with Gasteiger partial charge in [-0.1, -0.05) is 30.3 Å². The Bertz CT molecular complexity index is 614. The van der Waals surface area contributed by atoms with Gasteiger partial charge in [-0.25, -0.2) is 0 Å². The molecule has 0 saturated carbocycles. The molecular formula is C14H13N3O3S. The second-order valence-corrected chi connectivity index (χ2v) is 5.80. The minimum absolute atomic E-state index is 0.0814. The van der Waals surface area contributed by atoms with Crippen molar-refractivity contribution in [1.29, 1.82) is 0 Å². The Morgan fingerprint density at radius 1 is 1.19 bits per heavy atom. The van der Waals surface area contributed by atoms with Crippen LogP contribution in [0, 0.1) is 0 Å². The molecule has 1 unspecified atom stereocenters. The van der Waals surface area contributed by atoms with Gasteiger partial charge in [0.05, 0.1) is 5.04 Å². The SMILES string of the molecule is O=C1CN(C(=O)C2CSC(c3ccccc3)=N2)CC(=O)N1. The standard InChI is InChI=1S/C14H13N3O3S/c18-11-6-17(7-12(19)16-11)14(20)10-8-21-13(15-10)9-4-2-1-3-5-9/h1-5,10H,6-8H2,(H,16,18,19). The first kappa shape index (κ1) is 13.8. The molecule has 1 N–H and O–H groups in total. The molecular weight excluding hydrogens is 290 g/mol. The molecule has 1 aromatic carbocycles. The maximum Gasteiger partial charge on any atom is 0.249 e. The highest BCUT2D eigenvalue weighted by molar-refractivity contribution is 8.14. The van der Waals surface area contributed by atoms with Crippen LogP contribution in [0.2, 0.25) is 0 Å². The number of aliphatic imine (C=N–C) groups is 1. The summed E-state index contributed by atoms with van der Waals surface area (Å²) >= 11 is 1.51. The Balaban J connectivity index is 1.73. The van der Waals surface area contributed by atoms with Crippen LogP contribution in [0.15, 0.2) is 35.3 Å². The quantitative estimate of drug-likeness (QED) is 0.782. The summed E-state index contributed by atoms with van der Waals surface area (Å²) in [6.07, 6.45) is 0. The maximum absolute atomic E-state index is 12.3. The topological polar surface area (TPSA) is 78.8 Å². The van der Waals surface area contributed by atoms with E-state index in [1.54, 1.807) is 0 Å². The van der Waals surface area contributed by atoms with Crippen molar-refractivity contribution in [2.45, 2.75) is 6.04 Å². The van der Waals surface area contributed by atoms with E-state index in [-0.39, 0.29) is 19.0 Å². The van der Waals surface area contributed by atoms with E-state index in [2.05, 4.69) is 10.3 Å². The van der Waals surface area contributed by atoms with E-state index in [0.29, 0.717) is 5.75 Å². The molecule has 2 aliphatic heterocycles. The average Bonchev–Trinajstić information content (AvgIpc) is 2.96. The van der Waals surface area contributed by atoms with Crippen molar-refractivity contribution in [2.75, 3.05) is 18.8 Å². The number of carbonyl (C=O) groups is 3. The first-order valence-electron chi connectivity index (χ1n) is 6.51. The lowest BCUT2D eigenvalue weighted by atomic mass is 10.2. The van der Waals surface area contributed by atoms with E-state index in [1.807, 2.05) is 30.3 Å². The molecule has 0 radical (unpaired) electrons. The zero-order valence-electron chi connectivity index (χ0n) is 11.1. The molecule has 0 aliphatic carbocycles. The van der Waals surface area contributed by atoms with Crippen LogP contribution in [0.5, 0.6) is 0 Å². The summed E-state index contributed by atoms with van der Waals surface area (Å²) in [4.78, 5) is 40.7. The van der Waals surface area contributed by atoms with Crippen molar-refractivity contribution in [3.8, 4) is 0 Å². The molecule has 2 aliphatic rings. The molecule has 1 fully saturated rings. The molecule has 1 atom stereocenters. The number of thioether (sulfide) groups is 1. The lowest BCUT2D eigenvalue weighted by molar-refractivity contribution is -0.145. The molecule has 21 heavy (non-hydrogen) atoms. The highest BCUT2D eigenvalue weighted by atomic mass is 32.2. The molecule has 6 nitrogen and oxygen atoms in total. The lowest BCUT2D eigenvalue weighted by Gasteiger charge is -2.26. The van der Waals surface area contributed by atoms with E-state index in [9.17, 15) is 14.4 Å². The first-order chi connectivity index (χ1) is 10.1. The maximum atomic E-state index is 12.3. The third-order valence-electron chi connectivity index (χ3n) is 3.22. The Morgan fingerprint density at radius 3 is 2.52 bits per heavy atom. The second kappa shape index (κ2) is 5.69. The number of amides is 3. The van der Waals surface area contributed by atoms with Crippen molar-refractivity contribution in [3.05, 3.63) is 35.9 Å². The molecule has 0 aromatic heterocycles. The molecule has 2 heterocycles. The number of benzene rings is 1. The highest BCUT2D eigenvalue weighted by Crippen LogP contribution is 2.24. The van der Waals surface area contributed by atoms with E-state index < -0.39 is 17.9 Å². The van der Waals surface area contributed by atoms with Crippen molar-refractivity contribution in [1.82, 2.24) is 10.2 Å². The molecule has 1 saturated heterocycles. The van der Waals surface area contributed by atoms with Gasteiger partial charge in [0.1, 0.15) is 19.1 Å².